The van der Waals surface area contributed by atoms with Gasteiger partial charge in [0.25, 0.3) is 0 Å². The van der Waals surface area contributed by atoms with Gasteiger partial charge < -0.3 is 20.1 Å². The predicted molar refractivity (Wildman–Crippen MR) is 98.2 cm³/mol. The van der Waals surface area contributed by atoms with E-state index in [0.717, 1.165) is 11.3 Å². The van der Waals surface area contributed by atoms with Crippen molar-refractivity contribution in [1.29, 1.82) is 0 Å². The first-order chi connectivity index (χ1) is 11.8. The van der Waals surface area contributed by atoms with Gasteiger partial charge in [0.05, 0.1) is 4.90 Å². The molecule has 2 aromatic carbocycles. The molecule has 3 rings (SSSR count). The van der Waals surface area contributed by atoms with Crippen molar-refractivity contribution in [3.63, 3.8) is 0 Å². The van der Waals surface area contributed by atoms with Gasteiger partial charge in [-0.15, -0.1) is 0 Å². The van der Waals surface area contributed by atoms with E-state index in [4.69, 9.17) is 26.8 Å². The Balaban J connectivity index is 1.63. The largest absolute Gasteiger partial charge is 0.454 e. The number of hydrogen-bond acceptors (Lipinski definition) is 5. The van der Waals surface area contributed by atoms with Crippen molar-refractivity contribution in [3.8, 4) is 11.5 Å². The number of sulfonamides is 1. The molecule has 1 aliphatic heterocycles. The van der Waals surface area contributed by atoms with Gasteiger partial charge in [-0.2, -0.15) is 0 Å². The summed E-state index contributed by atoms with van der Waals surface area (Å²) >= 11 is 5.25. The van der Waals surface area contributed by atoms with Crippen molar-refractivity contribution in [2.45, 2.75) is 18.4 Å². The standard InChI is InChI=1S/C16H17N3O4S2/c1-10-2-4-12(7-15(10)25(17,20)21)19-16(24)18-8-11-3-5-13-14(6-11)23-9-22-13/h2-7H,8-9H2,1H3,(H2,17,20,21)(H2,18,19,24). The quantitative estimate of drug-likeness (QED) is 0.697. The van der Waals surface area contributed by atoms with Crippen molar-refractivity contribution in [2.24, 2.45) is 5.14 Å². The van der Waals surface area contributed by atoms with Crippen molar-refractivity contribution in [1.82, 2.24) is 5.32 Å². The van der Waals surface area contributed by atoms with E-state index in [-0.39, 0.29) is 11.7 Å². The molecule has 132 valence electrons. The first-order valence-electron chi connectivity index (χ1n) is 7.40. The van der Waals surface area contributed by atoms with Crippen LogP contribution in [0.15, 0.2) is 41.3 Å². The molecule has 2 aromatic rings. The minimum absolute atomic E-state index is 0.0658. The Kier molecular flexibility index (Phi) is 4.80. The maximum atomic E-state index is 11.6. The van der Waals surface area contributed by atoms with E-state index in [0.29, 0.717) is 28.7 Å². The fourth-order valence-corrected chi connectivity index (χ4v) is 3.39. The Labute approximate surface area is 151 Å². The maximum Gasteiger partial charge on any atom is 0.238 e. The molecule has 25 heavy (non-hydrogen) atoms. The van der Waals surface area contributed by atoms with E-state index in [1.54, 1.807) is 19.1 Å². The molecule has 0 saturated heterocycles. The summed E-state index contributed by atoms with van der Waals surface area (Å²) in [5, 5.41) is 11.6. The summed E-state index contributed by atoms with van der Waals surface area (Å²) in [6.45, 7) is 2.39. The Morgan fingerprint density at radius 3 is 2.72 bits per heavy atom. The van der Waals surface area contributed by atoms with Gasteiger partial charge in [0, 0.05) is 12.2 Å². The number of benzene rings is 2. The highest BCUT2D eigenvalue weighted by Gasteiger charge is 2.14. The first-order valence-corrected chi connectivity index (χ1v) is 9.35. The predicted octanol–water partition coefficient (Wildman–Crippen LogP) is 1.86. The van der Waals surface area contributed by atoms with Gasteiger partial charge in [0.2, 0.25) is 16.8 Å². The van der Waals surface area contributed by atoms with Crippen LogP contribution in [0.3, 0.4) is 0 Å². The highest BCUT2D eigenvalue weighted by molar-refractivity contribution is 7.89. The molecule has 0 bridgehead atoms. The highest BCUT2D eigenvalue weighted by atomic mass is 32.2. The van der Waals surface area contributed by atoms with E-state index < -0.39 is 10.0 Å². The van der Waals surface area contributed by atoms with Crippen molar-refractivity contribution < 1.29 is 17.9 Å². The van der Waals surface area contributed by atoms with Crippen LogP contribution in [0.4, 0.5) is 5.69 Å². The van der Waals surface area contributed by atoms with Gasteiger partial charge >= 0.3 is 0 Å². The number of fused-ring (bicyclic) bond motifs is 1. The molecule has 0 saturated carbocycles. The Hall–Kier alpha value is -2.36. The maximum absolute atomic E-state index is 11.6. The second-order valence-electron chi connectivity index (χ2n) is 5.52. The number of nitrogens with two attached hydrogens (primary N) is 1. The van der Waals surface area contributed by atoms with Crippen LogP contribution in [0.2, 0.25) is 0 Å². The zero-order valence-electron chi connectivity index (χ0n) is 13.4. The van der Waals surface area contributed by atoms with Crippen LogP contribution >= 0.6 is 12.2 Å². The Morgan fingerprint density at radius 1 is 1.20 bits per heavy atom. The smallest absolute Gasteiger partial charge is 0.238 e. The summed E-state index contributed by atoms with van der Waals surface area (Å²) in [6.07, 6.45) is 0. The van der Waals surface area contributed by atoms with Gasteiger partial charge in [0.1, 0.15) is 0 Å². The number of primary sulfonamides is 1. The van der Waals surface area contributed by atoms with Gasteiger partial charge in [0.15, 0.2) is 16.6 Å². The minimum Gasteiger partial charge on any atom is -0.454 e. The van der Waals surface area contributed by atoms with Crippen LogP contribution in [0.5, 0.6) is 11.5 Å². The number of hydrogen-bond donors (Lipinski definition) is 3. The van der Waals surface area contributed by atoms with E-state index in [1.165, 1.54) is 6.07 Å². The molecule has 0 spiro atoms. The van der Waals surface area contributed by atoms with E-state index in [9.17, 15) is 8.42 Å². The third-order valence-corrected chi connectivity index (χ3v) is 4.94. The molecule has 4 N–H and O–H groups in total. The summed E-state index contributed by atoms with van der Waals surface area (Å²) < 4.78 is 33.7. The molecule has 0 aliphatic carbocycles. The van der Waals surface area contributed by atoms with Gasteiger partial charge in [-0.1, -0.05) is 12.1 Å². The van der Waals surface area contributed by atoms with E-state index in [1.807, 2.05) is 18.2 Å². The zero-order chi connectivity index (χ0) is 18.0. The fourth-order valence-electron chi connectivity index (χ4n) is 2.39. The van der Waals surface area contributed by atoms with Gasteiger partial charge in [-0.3, -0.25) is 0 Å². The lowest BCUT2D eigenvalue weighted by atomic mass is 10.2. The molecule has 0 fully saturated rings. The summed E-state index contributed by atoms with van der Waals surface area (Å²) in [5.41, 5.74) is 2.09. The van der Waals surface area contributed by atoms with Crippen LogP contribution in [0.1, 0.15) is 11.1 Å². The summed E-state index contributed by atoms with van der Waals surface area (Å²) in [4.78, 5) is 0.0658. The molecule has 9 heteroatoms. The second-order valence-corrected chi connectivity index (χ2v) is 7.46. The zero-order valence-corrected chi connectivity index (χ0v) is 15.0. The average molecular weight is 379 g/mol. The summed E-state index contributed by atoms with van der Waals surface area (Å²) in [7, 11) is -3.78. The monoisotopic (exact) mass is 379 g/mol. The van der Waals surface area contributed by atoms with Crippen LogP contribution in [0.25, 0.3) is 0 Å². The average Bonchev–Trinajstić information content (AvgIpc) is 3.01. The Morgan fingerprint density at radius 2 is 1.96 bits per heavy atom. The number of rotatable bonds is 4. The first kappa shape index (κ1) is 17.5. The number of ether oxygens (including phenoxy) is 2. The lowest BCUT2D eigenvalue weighted by Gasteiger charge is -2.12. The topological polar surface area (TPSA) is 103 Å². The molecule has 7 nitrogen and oxygen atoms in total. The molecule has 1 aliphatic rings. The number of nitrogens with one attached hydrogen (secondary N) is 2. The number of anilines is 1. The molecule has 1 heterocycles. The normalized spacial score (nSPS) is 12.7. The third-order valence-electron chi connectivity index (χ3n) is 3.64. The van der Waals surface area contributed by atoms with E-state index in [2.05, 4.69) is 10.6 Å². The van der Waals surface area contributed by atoms with Crippen LogP contribution in [-0.2, 0) is 16.6 Å². The minimum atomic E-state index is -3.78. The molecule has 0 amide bonds. The SMILES string of the molecule is Cc1ccc(NC(=S)NCc2ccc3c(c2)OCO3)cc1S(N)(=O)=O. The molecule has 0 radical (unpaired) electrons. The number of aryl methyl sites for hydroxylation is 1. The van der Waals surface area contributed by atoms with Crippen molar-refractivity contribution in [2.75, 3.05) is 12.1 Å². The highest BCUT2D eigenvalue weighted by Crippen LogP contribution is 2.32. The molecule has 0 atom stereocenters. The van der Waals surface area contributed by atoms with Crippen molar-refractivity contribution in [3.05, 3.63) is 47.5 Å². The van der Waals surface area contributed by atoms with Crippen LogP contribution in [-0.4, -0.2) is 20.3 Å². The molecule has 0 unspecified atom stereocenters. The summed E-state index contributed by atoms with van der Waals surface area (Å²) in [6, 6.07) is 10.5. The summed E-state index contributed by atoms with van der Waals surface area (Å²) in [5.74, 6) is 1.43. The molecular formula is C16H17N3O4S2. The van der Waals surface area contributed by atoms with E-state index >= 15 is 0 Å². The van der Waals surface area contributed by atoms with Gasteiger partial charge in [-0.25, -0.2) is 13.6 Å². The third kappa shape index (κ3) is 4.19. The lowest BCUT2D eigenvalue weighted by molar-refractivity contribution is 0.174. The van der Waals surface area contributed by atoms with Gasteiger partial charge in [-0.05, 0) is 54.5 Å². The number of thiocarbonyl (C=S) groups is 1. The molecule has 0 aromatic heterocycles. The molecular weight excluding hydrogens is 362 g/mol. The lowest BCUT2D eigenvalue weighted by Crippen LogP contribution is -2.28. The fraction of sp³-hybridized carbons (Fsp3) is 0.188. The van der Waals surface area contributed by atoms with Crippen molar-refractivity contribution >= 4 is 33.0 Å². The van der Waals surface area contributed by atoms with Crippen LogP contribution in [0, 0.1) is 6.92 Å². The van der Waals surface area contributed by atoms with Crippen LogP contribution < -0.4 is 25.2 Å². The Bertz CT molecular complexity index is 929. The second kappa shape index (κ2) is 6.87.